The highest BCUT2D eigenvalue weighted by atomic mass is 35.5. The molecule has 2 aliphatic rings. The van der Waals surface area contributed by atoms with Crippen LogP contribution in [0.1, 0.15) is 12.1 Å². The minimum atomic E-state index is 0. The molecule has 0 saturated carbocycles. The van der Waals surface area contributed by atoms with Crippen molar-refractivity contribution in [3.8, 4) is 10.6 Å². The lowest BCUT2D eigenvalue weighted by atomic mass is 10.1. The monoisotopic (exact) mass is 428 g/mol. The van der Waals surface area contributed by atoms with E-state index in [0.717, 1.165) is 62.9 Å². The molecule has 2 fully saturated rings. The quantitative estimate of drug-likeness (QED) is 0.812. The molecule has 1 aromatic heterocycles. The maximum absolute atomic E-state index is 12.5. The third-order valence-corrected chi connectivity index (χ3v) is 5.99. The molecule has 1 unspecified atom stereocenters. The van der Waals surface area contributed by atoms with Crippen molar-refractivity contribution >= 4 is 42.1 Å². The average Bonchev–Trinajstić information content (AvgIpc) is 3.35. The van der Waals surface area contributed by atoms with Gasteiger partial charge in [-0.25, -0.2) is 4.98 Å². The van der Waals surface area contributed by atoms with Gasteiger partial charge in [0.05, 0.1) is 11.6 Å². The van der Waals surface area contributed by atoms with Gasteiger partial charge in [-0.05, 0) is 13.0 Å². The standard InChI is InChI=1S/C19H24N4OS.2ClH/c24-19(16-6-7-20-12-16)23-10-8-22(9-11-23)13-17-14-25-18(21-17)15-4-2-1-3-5-15;;/h1-5,14,16,20H,6-13H2;2*1H. The van der Waals surface area contributed by atoms with Crippen LogP contribution in [0.25, 0.3) is 10.6 Å². The van der Waals surface area contributed by atoms with Crippen molar-refractivity contribution in [3.63, 3.8) is 0 Å². The number of nitrogens with zero attached hydrogens (tertiary/aromatic N) is 3. The van der Waals surface area contributed by atoms with Gasteiger partial charge in [-0.15, -0.1) is 36.2 Å². The Morgan fingerprint density at radius 3 is 2.56 bits per heavy atom. The predicted molar refractivity (Wildman–Crippen MR) is 115 cm³/mol. The fraction of sp³-hybridized carbons (Fsp3) is 0.474. The first-order valence-electron chi connectivity index (χ1n) is 9.01. The maximum Gasteiger partial charge on any atom is 0.227 e. The van der Waals surface area contributed by atoms with Crippen LogP contribution in [0.5, 0.6) is 0 Å². The first-order chi connectivity index (χ1) is 12.3. The summed E-state index contributed by atoms with van der Waals surface area (Å²) < 4.78 is 0. The third kappa shape index (κ3) is 5.42. The summed E-state index contributed by atoms with van der Waals surface area (Å²) in [5, 5.41) is 6.52. The Morgan fingerprint density at radius 2 is 1.89 bits per heavy atom. The molecular weight excluding hydrogens is 403 g/mol. The molecule has 2 aliphatic heterocycles. The summed E-state index contributed by atoms with van der Waals surface area (Å²) in [7, 11) is 0. The summed E-state index contributed by atoms with van der Waals surface area (Å²) in [6, 6.07) is 10.3. The first-order valence-corrected chi connectivity index (χ1v) is 9.89. The van der Waals surface area contributed by atoms with Crippen molar-refractivity contribution in [3.05, 3.63) is 41.4 Å². The van der Waals surface area contributed by atoms with Gasteiger partial charge in [0.1, 0.15) is 5.01 Å². The van der Waals surface area contributed by atoms with Gasteiger partial charge in [0.2, 0.25) is 5.91 Å². The molecule has 5 nitrogen and oxygen atoms in total. The fourth-order valence-electron chi connectivity index (χ4n) is 3.57. The highest BCUT2D eigenvalue weighted by Gasteiger charge is 2.29. The van der Waals surface area contributed by atoms with E-state index in [1.807, 2.05) is 23.1 Å². The van der Waals surface area contributed by atoms with E-state index >= 15 is 0 Å². The molecular formula is C19H26Cl2N4OS. The number of piperazine rings is 1. The topological polar surface area (TPSA) is 48.5 Å². The van der Waals surface area contributed by atoms with Gasteiger partial charge in [0, 0.05) is 50.2 Å². The van der Waals surface area contributed by atoms with E-state index in [2.05, 4.69) is 27.7 Å². The fourth-order valence-corrected chi connectivity index (χ4v) is 4.39. The average molecular weight is 429 g/mol. The molecule has 0 bridgehead atoms. The van der Waals surface area contributed by atoms with Crippen LogP contribution in [0.2, 0.25) is 0 Å². The molecule has 0 spiro atoms. The number of nitrogens with one attached hydrogen (secondary N) is 1. The number of hydrogen-bond donors (Lipinski definition) is 1. The Labute approximate surface area is 177 Å². The van der Waals surface area contributed by atoms with E-state index in [0.29, 0.717) is 5.91 Å². The number of benzene rings is 1. The number of amides is 1. The second kappa shape index (κ2) is 10.4. The van der Waals surface area contributed by atoms with Gasteiger partial charge in [0.15, 0.2) is 0 Å². The van der Waals surface area contributed by atoms with E-state index in [-0.39, 0.29) is 30.7 Å². The van der Waals surface area contributed by atoms with Crippen molar-refractivity contribution < 1.29 is 4.79 Å². The van der Waals surface area contributed by atoms with E-state index in [4.69, 9.17) is 4.98 Å². The summed E-state index contributed by atoms with van der Waals surface area (Å²) in [5.41, 5.74) is 2.31. The van der Waals surface area contributed by atoms with Crippen LogP contribution in [0.3, 0.4) is 0 Å². The van der Waals surface area contributed by atoms with Gasteiger partial charge < -0.3 is 10.2 Å². The van der Waals surface area contributed by atoms with Gasteiger partial charge in [-0.2, -0.15) is 0 Å². The van der Waals surface area contributed by atoms with Gasteiger partial charge >= 0.3 is 0 Å². The molecule has 0 aliphatic carbocycles. The highest BCUT2D eigenvalue weighted by molar-refractivity contribution is 7.13. The number of rotatable bonds is 4. The molecule has 1 atom stereocenters. The molecule has 1 N–H and O–H groups in total. The van der Waals surface area contributed by atoms with E-state index in [1.54, 1.807) is 11.3 Å². The lowest BCUT2D eigenvalue weighted by molar-refractivity contribution is -0.136. The number of hydrogen-bond acceptors (Lipinski definition) is 5. The second-order valence-electron chi connectivity index (χ2n) is 6.80. The van der Waals surface area contributed by atoms with Crippen LogP contribution in [0.4, 0.5) is 0 Å². The Morgan fingerprint density at radius 1 is 1.15 bits per heavy atom. The second-order valence-corrected chi connectivity index (χ2v) is 7.66. The maximum atomic E-state index is 12.5. The Hall–Kier alpha value is -1.18. The van der Waals surface area contributed by atoms with Crippen molar-refractivity contribution in [2.24, 2.45) is 5.92 Å². The Balaban J connectivity index is 0.00000131. The van der Waals surface area contributed by atoms with Crippen LogP contribution >= 0.6 is 36.2 Å². The van der Waals surface area contributed by atoms with Crippen LogP contribution in [-0.4, -0.2) is 60.0 Å². The van der Waals surface area contributed by atoms with E-state index in [9.17, 15) is 4.79 Å². The summed E-state index contributed by atoms with van der Waals surface area (Å²) in [5.74, 6) is 0.531. The molecule has 1 aromatic carbocycles. The lowest BCUT2D eigenvalue weighted by Gasteiger charge is -2.35. The number of thiazole rings is 1. The first kappa shape index (κ1) is 22.1. The minimum absolute atomic E-state index is 0. The number of aromatic nitrogens is 1. The van der Waals surface area contributed by atoms with E-state index < -0.39 is 0 Å². The number of halogens is 2. The molecule has 27 heavy (non-hydrogen) atoms. The normalized spacial score (nSPS) is 20.0. The van der Waals surface area contributed by atoms with Crippen LogP contribution in [-0.2, 0) is 11.3 Å². The van der Waals surface area contributed by atoms with Crippen molar-refractivity contribution in [2.75, 3.05) is 39.3 Å². The largest absolute Gasteiger partial charge is 0.340 e. The molecule has 2 saturated heterocycles. The molecule has 8 heteroatoms. The van der Waals surface area contributed by atoms with Crippen molar-refractivity contribution in [2.45, 2.75) is 13.0 Å². The minimum Gasteiger partial charge on any atom is -0.340 e. The number of carbonyl (C=O) groups excluding carboxylic acids is 1. The van der Waals surface area contributed by atoms with Crippen LogP contribution < -0.4 is 5.32 Å². The SMILES string of the molecule is Cl.Cl.O=C(C1CCNC1)N1CCN(Cc2csc(-c3ccccc3)n2)CC1. The summed E-state index contributed by atoms with van der Waals surface area (Å²) in [6.07, 6.45) is 0.986. The molecule has 148 valence electrons. The Kier molecular flexibility index (Phi) is 8.51. The predicted octanol–water partition coefficient (Wildman–Crippen LogP) is 2.91. The van der Waals surface area contributed by atoms with Gasteiger partial charge in [-0.1, -0.05) is 30.3 Å². The lowest BCUT2D eigenvalue weighted by Crippen LogP contribution is -2.50. The number of carbonyl (C=O) groups is 1. The molecule has 3 heterocycles. The molecule has 4 rings (SSSR count). The van der Waals surface area contributed by atoms with Gasteiger partial charge in [-0.3, -0.25) is 9.69 Å². The molecule has 2 aromatic rings. The smallest absolute Gasteiger partial charge is 0.227 e. The van der Waals surface area contributed by atoms with E-state index in [1.165, 1.54) is 5.56 Å². The zero-order valence-corrected chi connectivity index (χ0v) is 17.6. The van der Waals surface area contributed by atoms with Crippen molar-refractivity contribution in [1.82, 2.24) is 20.1 Å². The van der Waals surface area contributed by atoms with Gasteiger partial charge in [0.25, 0.3) is 0 Å². The van der Waals surface area contributed by atoms with Crippen LogP contribution in [0, 0.1) is 5.92 Å². The Bertz CT molecular complexity index is 714. The summed E-state index contributed by atoms with van der Waals surface area (Å²) in [4.78, 5) is 21.7. The van der Waals surface area contributed by atoms with Crippen LogP contribution in [0.15, 0.2) is 35.7 Å². The zero-order valence-electron chi connectivity index (χ0n) is 15.2. The summed E-state index contributed by atoms with van der Waals surface area (Å²) >= 11 is 1.70. The zero-order chi connectivity index (χ0) is 17.1. The highest BCUT2D eigenvalue weighted by Crippen LogP contribution is 2.24. The molecule has 1 amide bonds. The van der Waals surface area contributed by atoms with Crippen molar-refractivity contribution in [1.29, 1.82) is 0 Å². The summed E-state index contributed by atoms with van der Waals surface area (Å²) in [6.45, 7) is 6.24. The third-order valence-electron chi connectivity index (χ3n) is 5.05. The molecule has 0 radical (unpaired) electrons.